The Bertz CT molecular complexity index is 882. The number of rotatable bonds is 4. The van der Waals surface area contributed by atoms with E-state index in [0.29, 0.717) is 39.7 Å². The zero-order valence-corrected chi connectivity index (χ0v) is 20.0. The number of ketones is 1. The van der Waals surface area contributed by atoms with Crippen LogP contribution in [0.1, 0.15) is 71.6 Å². The van der Waals surface area contributed by atoms with Crippen molar-refractivity contribution in [2.45, 2.75) is 77.7 Å². The van der Waals surface area contributed by atoms with E-state index in [1.54, 1.807) is 24.3 Å². The average Bonchev–Trinajstić information content (AvgIpc) is 3.08. The second-order valence-electron chi connectivity index (χ2n) is 11.2. The summed E-state index contributed by atoms with van der Waals surface area (Å²) in [5.74, 6) is 3.46. The molecule has 174 valence electrons. The standard InChI is InChI=1S/C27H35ClO4/c1-26-13-11-20(32-25(30)16-31-19-6-4-18(28)5-7-19)15-17(26)3-8-21-22-9-10-24(29)27(22,2)14-12-23(21)26/h4-7,17,20-23H,3,8-16H2,1-2H3/t17-,20-,21-,22-,23-,26-,27-/m0/s1. The normalized spacial score (nSPS) is 40.7. The molecule has 0 aromatic heterocycles. The van der Waals surface area contributed by atoms with Gasteiger partial charge in [-0.2, -0.15) is 0 Å². The Kier molecular flexibility index (Phi) is 5.80. The average molecular weight is 459 g/mol. The van der Waals surface area contributed by atoms with Crippen LogP contribution in [0, 0.1) is 34.5 Å². The molecule has 4 saturated carbocycles. The number of Topliss-reactive ketones (excluding diaryl/α,β-unsaturated/α-hetero) is 1. The van der Waals surface area contributed by atoms with Gasteiger partial charge in [0, 0.05) is 16.9 Å². The number of hydrogen-bond donors (Lipinski definition) is 0. The van der Waals surface area contributed by atoms with Crippen LogP contribution in [0.4, 0.5) is 0 Å². The third-order valence-corrected chi connectivity index (χ3v) is 10.0. The number of benzene rings is 1. The lowest BCUT2D eigenvalue weighted by Gasteiger charge is -2.60. The van der Waals surface area contributed by atoms with Gasteiger partial charge in [-0.3, -0.25) is 4.79 Å². The minimum absolute atomic E-state index is 0.00661. The van der Waals surface area contributed by atoms with Gasteiger partial charge in [0.2, 0.25) is 0 Å². The molecule has 4 fully saturated rings. The van der Waals surface area contributed by atoms with Gasteiger partial charge in [0.15, 0.2) is 6.61 Å². The predicted octanol–water partition coefficient (Wildman–Crippen LogP) is 6.24. The molecular formula is C27H35ClO4. The summed E-state index contributed by atoms with van der Waals surface area (Å²) in [4.78, 5) is 25.0. The van der Waals surface area contributed by atoms with Crippen LogP contribution in [0.3, 0.4) is 0 Å². The molecule has 0 N–H and O–H groups in total. The van der Waals surface area contributed by atoms with Crippen molar-refractivity contribution in [3.05, 3.63) is 29.3 Å². The van der Waals surface area contributed by atoms with E-state index in [0.717, 1.165) is 44.4 Å². The van der Waals surface area contributed by atoms with Crippen LogP contribution < -0.4 is 4.74 Å². The fourth-order valence-electron chi connectivity index (χ4n) is 7.99. The van der Waals surface area contributed by atoms with Gasteiger partial charge in [0.05, 0.1) is 0 Å². The molecule has 7 atom stereocenters. The lowest BCUT2D eigenvalue weighted by atomic mass is 9.45. The molecule has 0 radical (unpaired) electrons. The highest BCUT2D eigenvalue weighted by molar-refractivity contribution is 6.30. The molecule has 32 heavy (non-hydrogen) atoms. The van der Waals surface area contributed by atoms with Crippen LogP contribution in [0.25, 0.3) is 0 Å². The quantitative estimate of drug-likeness (QED) is 0.501. The van der Waals surface area contributed by atoms with Crippen LogP contribution in [0.5, 0.6) is 5.75 Å². The Morgan fingerprint density at radius 2 is 1.81 bits per heavy atom. The van der Waals surface area contributed by atoms with Crippen molar-refractivity contribution >= 4 is 23.4 Å². The first-order valence-corrected chi connectivity index (χ1v) is 12.8. The van der Waals surface area contributed by atoms with Gasteiger partial charge in [-0.15, -0.1) is 0 Å². The molecule has 4 aliphatic carbocycles. The highest BCUT2D eigenvalue weighted by Gasteiger charge is 2.60. The molecule has 5 heteroatoms. The summed E-state index contributed by atoms with van der Waals surface area (Å²) in [5, 5.41) is 0.641. The van der Waals surface area contributed by atoms with Gasteiger partial charge >= 0.3 is 5.97 Å². The minimum Gasteiger partial charge on any atom is -0.482 e. The summed E-state index contributed by atoms with van der Waals surface area (Å²) < 4.78 is 11.4. The van der Waals surface area contributed by atoms with E-state index < -0.39 is 0 Å². The van der Waals surface area contributed by atoms with Gasteiger partial charge in [-0.25, -0.2) is 4.79 Å². The number of carbonyl (C=O) groups is 2. The maximum absolute atomic E-state index is 12.6. The number of hydrogen-bond acceptors (Lipinski definition) is 4. The molecule has 0 heterocycles. The molecule has 0 unspecified atom stereocenters. The summed E-state index contributed by atoms with van der Waals surface area (Å²) in [6.45, 7) is 4.68. The van der Waals surface area contributed by atoms with Crippen LogP contribution in [0.15, 0.2) is 24.3 Å². The fourth-order valence-corrected chi connectivity index (χ4v) is 8.12. The van der Waals surface area contributed by atoms with Gasteiger partial charge in [-0.1, -0.05) is 25.4 Å². The van der Waals surface area contributed by atoms with E-state index in [9.17, 15) is 9.59 Å². The van der Waals surface area contributed by atoms with Crippen LogP contribution in [-0.2, 0) is 14.3 Å². The van der Waals surface area contributed by atoms with E-state index in [-0.39, 0.29) is 24.1 Å². The molecule has 0 bridgehead atoms. The topological polar surface area (TPSA) is 52.6 Å². The largest absolute Gasteiger partial charge is 0.482 e. The zero-order valence-electron chi connectivity index (χ0n) is 19.3. The van der Waals surface area contributed by atoms with E-state index in [1.165, 1.54) is 19.3 Å². The molecule has 0 amide bonds. The number of halogens is 1. The van der Waals surface area contributed by atoms with Crippen molar-refractivity contribution in [3.8, 4) is 5.75 Å². The SMILES string of the molecule is C[C@]12CC[C@H](OC(=O)COc3ccc(Cl)cc3)C[C@@H]1CC[C@@H]1[C@@H]2CC[C@]2(C)C(=O)CC[C@@H]12. The van der Waals surface area contributed by atoms with Gasteiger partial charge in [0.25, 0.3) is 0 Å². The lowest BCUT2D eigenvalue weighted by molar-refractivity contribution is -0.164. The summed E-state index contributed by atoms with van der Waals surface area (Å²) in [6, 6.07) is 7.01. The Labute approximate surface area is 196 Å². The summed E-state index contributed by atoms with van der Waals surface area (Å²) in [5.41, 5.74) is 0.264. The third kappa shape index (κ3) is 3.77. The van der Waals surface area contributed by atoms with Crippen molar-refractivity contribution < 1.29 is 19.1 Å². The smallest absolute Gasteiger partial charge is 0.344 e. The summed E-state index contributed by atoms with van der Waals surface area (Å²) >= 11 is 5.89. The summed E-state index contributed by atoms with van der Waals surface area (Å²) in [6.07, 6.45) is 9.60. The van der Waals surface area contributed by atoms with Crippen molar-refractivity contribution in [1.82, 2.24) is 0 Å². The Morgan fingerprint density at radius 1 is 1.03 bits per heavy atom. The monoisotopic (exact) mass is 458 g/mol. The van der Waals surface area contributed by atoms with Crippen LogP contribution in [-0.4, -0.2) is 24.5 Å². The zero-order chi connectivity index (χ0) is 22.5. The molecule has 5 rings (SSSR count). The molecule has 0 aliphatic heterocycles. The van der Waals surface area contributed by atoms with Crippen molar-refractivity contribution in [2.75, 3.05) is 6.61 Å². The first-order valence-electron chi connectivity index (χ1n) is 12.4. The highest BCUT2D eigenvalue weighted by atomic mass is 35.5. The first kappa shape index (κ1) is 22.3. The predicted molar refractivity (Wildman–Crippen MR) is 124 cm³/mol. The van der Waals surface area contributed by atoms with Gasteiger partial charge in [-0.05, 0) is 105 Å². The molecule has 4 nitrogen and oxygen atoms in total. The van der Waals surface area contributed by atoms with Gasteiger partial charge in [0.1, 0.15) is 17.6 Å². The van der Waals surface area contributed by atoms with Crippen molar-refractivity contribution in [2.24, 2.45) is 34.5 Å². The second-order valence-corrected chi connectivity index (χ2v) is 11.6. The Balaban J connectivity index is 1.18. The van der Waals surface area contributed by atoms with E-state index in [4.69, 9.17) is 21.1 Å². The maximum Gasteiger partial charge on any atom is 0.344 e. The van der Waals surface area contributed by atoms with Gasteiger partial charge < -0.3 is 9.47 Å². The summed E-state index contributed by atoms with van der Waals surface area (Å²) in [7, 11) is 0. The fraction of sp³-hybridized carbons (Fsp3) is 0.704. The van der Waals surface area contributed by atoms with Crippen LogP contribution in [0.2, 0.25) is 5.02 Å². The number of ether oxygens (including phenoxy) is 2. The third-order valence-electron chi connectivity index (χ3n) is 9.80. The number of carbonyl (C=O) groups excluding carboxylic acids is 2. The molecule has 0 spiro atoms. The first-order chi connectivity index (χ1) is 15.3. The van der Waals surface area contributed by atoms with Crippen LogP contribution >= 0.6 is 11.6 Å². The molecule has 4 aliphatic rings. The maximum atomic E-state index is 12.6. The number of fused-ring (bicyclic) bond motifs is 5. The van der Waals surface area contributed by atoms with E-state index in [1.807, 2.05) is 0 Å². The van der Waals surface area contributed by atoms with Crippen molar-refractivity contribution in [1.29, 1.82) is 0 Å². The number of esters is 1. The Morgan fingerprint density at radius 3 is 2.59 bits per heavy atom. The molecular weight excluding hydrogens is 424 g/mol. The highest BCUT2D eigenvalue weighted by Crippen LogP contribution is 2.65. The molecule has 0 saturated heterocycles. The molecule has 1 aromatic rings. The lowest BCUT2D eigenvalue weighted by Crippen LogP contribution is -2.54. The minimum atomic E-state index is -0.292. The second kappa shape index (κ2) is 8.34. The Hall–Kier alpha value is -1.55. The van der Waals surface area contributed by atoms with Crippen molar-refractivity contribution in [3.63, 3.8) is 0 Å². The molecule has 1 aromatic carbocycles. The van der Waals surface area contributed by atoms with E-state index in [2.05, 4.69) is 13.8 Å². The van der Waals surface area contributed by atoms with E-state index >= 15 is 0 Å².